The summed E-state index contributed by atoms with van der Waals surface area (Å²) in [4.78, 5) is 0. The molecule has 0 bridgehead atoms. The van der Waals surface area contributed by atoms with Gasteiger partial charge in [-0.15, -0.1) is 0 Å². The smallest absolute Gasteiger partial charge is 0.309 e. The number of hydrogen-bond acceptors (Lipinski definition) is 1. The van der Waals surface area contributed by atoms with Gasteiger partial charge in [-0.2, -0.15) is 18.4 Å². The Morgan fingerprint density at radius 3 is 1.97 bits per heavy atom. The molecule has 9 aromatic rings. The van der Waals surface area contributed by atoms with Crippen molar-refractivity contribution in [2.24, 2.45) is 0 Å². The van der Waals surface area contributed by atoms with Crippen molar-refractivity contribution in [3.05, 3.63) is 197 Å². The maximum absolute atomic E-state index is 16.4. The topological polar surface area (TPSA) is 33.6 Å². The normalized spacial score (nSPS) is 15.2. The van der Waals surface area contributed by atoms with Gasteiger partial charge >= 0.3 is 6.18 Å². The van der Waals surface area contributed by atoms with Crippen LogP contribution in [0.5, 0.6) is 0 Å². The molecule has 59 heavy (non-hydrogen) atoms. The Kier molecular flexibility index (Phi) is 8.29. The van der Waals surface area contributed by atoms with E-state index in [4.69, 9.17) is 0 Å². The van der Waals surface area contributed by atoms with Crippen LogP contribution in [-0.2, 0) is 18.0 Å². The van der Waals surface area contributed by atoms with E-state index in [9.17, 15) is 5.26 Å². The highest BCUT2D eigenvalue weighted by molar-refractivity contribution is 6.11. The first-order chi connectivity index (χ1) is 28.5. The minimum absolute atomic E-state index is 0.0123. The van der Waals surface area contributed by atoms with E-state index in [-0.39, 0.29) is 16.8 Å². The molecule has 3 nitrogen and oxygen atoms in total. The number of nitrogens with zero attached hydrogens (tertiary/aromatic N) is 3. The van der Waals surface area contributed by atoms with E-state index in [2.05, 4.69) is 63.2 Å². The van der Waals surface area contributed by atoms with E-state index in [1.165, 1.54) is 11.1 Å². The summed E-state index contributed by atoms with van der Waals surface area (Å²) in [6.07, 6.45) is 0.0102. The molecule has 6 heteroatoms. The summed E-state index contributed by atoms with van der Waals surface area (Å²) in [5, 5.41) is 12.5. The number of nitriles is 1. The van der Waals surface area contributed by atoms with E-state index in [1.54, 1.807) is 34.9 Å². The number of halogens is 3. The first-order valence-corrected chi connectivity index (χ1v) is 19.8. The minimum atomic E-state index is -4.78. The first kappa shape index (κ1) is 36.3. The predicted molar refractivity (Wildman–Crippen MR) is 234 cm³/mol. The van der Waals surface area contributed by atoms with Crippen molar-refractivity contribution in [3.8, 4) is 39.7 Å². The lowest BCUT2D eigenvalue weighted by molar-refractivity contribution is -0.137. The number of alkyl halides is 3. The third kappa shape index (κ3) is 5.80. The van der Waals surface area contributed by atoms with E-state index in [1.807, 2.05) is 102 Å². The molecule has 0 aliphatic heterocycles. The zero-order valence-electron chi connectivity index (χ0n) is 32.8. The van der Waals surface area contributed by atoms with Crippen LogP contribution in [0.1, 0.15) is 46.0 Å². The zero-order chi connectivity index (χ0) is 40.6. The molecule has 1 aliphatic rings. The molecule has 2 heterocycles. The Morgan fingerprint density at radius 2 is 1.24 bits per heavy atom. The molecule has 1 atom stereocenters. The van der Waals surface area contributed by atoms with Gasteiger partial charge < -0.3 is 9.13 Å². The Balaban J connectivity index is 1.31. The number of rotatable bonds is 5. The van der Waals surface area contributed by atoms with Crippen LogP contribution in [0.3, 0.4) is 0 Å². The van der Waals surface area contributed by atoms with Crippen LogP contribution in [0.4, 0.5) is 13.2 Å². The van der Waals surface area contributed by atoms with Crippen LogP contribution in [0.25, 0.3) is 72.4 Å². The zero-order valence-corrected chi connectivity index (χ0v) is 32.8. The summed E-state index contributed by atoms with van der Waals surface area (Å²) in [6, 6.07) is 50.6. The van der Waals surface area contributed by atoms with Crippen LogP contribution >= 0.6 is 0 Å². The average molecular weight is 774 g/mol. The van der Waals surface area contributed by atoms with Crippen LogP contribution in [0.15, 0.2) is 158 Å². The van der Waals surface area contributed by atoms with Crippen molar-refractivity contribution in [2.75, 3.05) is 0 Å². The van der Waals surface area contributed by atoms with Gasteiger partial charge in [0.25, 0.3) is 0 Å². The summed E-state index contributed by atoms with van der Waals surface area (Å²) >= 11 is 0. The molecule has 0 N–H and O–H groups in total. The summed E-state index contributed by atoms with van der Waals surface area (Å²) in [5.74, 6) is 0. The molecule has 0 saturated heterocycles. The van der Waals surface area contributed by atoms with E-state index >= 15 is 13.2 Å². The molecule has 1 unspecified atom stereocenters. The molecule has 10 rings (SSSR count). The van der Waals surface area contributed by atoms with Crippen LogP contribution in [0, 0.1) is 25.2 Å². The highest BCUT2D eigenvalue weighted by Crippen LogP contribution is 2.48. The van der Waals surface area contributed by atoms with Crippen molar-refractivity contribution in [1.82, 2.24) is 9.13 Å². The fourth-order valence-electron chi connectivity index (χ4n) is 9.52. The van der Waals surface area contributed by atoms with Crippen molar-refractivity contribution < 1.29 is 13.2 Å². The molecule has 0 radical (unpaired) electrons. The number of allylic oxidation sites excluding steroid dienone is 1. The summed E-state index contributed by atoms with van der Waals surface area (Å²) in [6.45, 7) is 6.37. The van der Waals surface area contributed by atoms with E-state index in [0.29, 0.717) is 39.7 Å². The molecule has 7 aromatic carbocycles. The molecule has 286 valence electrons. The summed E-state index contributed by atoms with van der Waals surface area (Å²) in [5.41, 5.74) is 9.84. The van der Waals surface area contributed by atoms with Gasteiger partial charge in [-0.1, -0.05) is 116 Å². The Bertz CT molecular complexity index is 3240. The van der Waals surface area contributed by atoms with Crippen molar-refractivity contribution in [2.45, 2.75) is 38.8 Å². The van der Waals surface area contributed by atoms with Crippen molar-refractivity contribution in [3.63, 3.8) is 0 Å². The first-order valence-electron chi connectivity index (χ1n) is 19.8. The monoisotopic (exact) mass is 773 g/mol. The SMILES string of the molecule is Cc1ccccc1-c1ccc2c(c1)c1ccccc1n2-c1cc(-c2cccc(C#N)c2)cc(-n2c3c(c4ccccc42)CC(C)(c2ccccc2C)C=C3)c1C(F)(F)F. The quantitative estimate of drug-likeness (QED) is 0.171. The minimum Gasteiger partial charge on any atom is -0.309 e. The van der Waals surface area contributed by atoms with Crippen LogP contribution in [0.2, 0.25) is 0 Å². The third-order valence-corrected chi connectivity index (χ3v) is 12.2. The predicted octanol–water partition coefficient (Wildman–Crippen LogP) is 14.1. The largest absolute Gasteiger partial charge is 0.420 e. The van der Waals surface area contributed by atoms with Crippen LogP contribution < -0.4 is 0 Å². The van der Waals surface area contributed by atoms with Crippen molar-refractivity contribution in [1.29, 1.82) is 5.26 Å². The molecule has 1 aliphatic carbocycles. The molecule has 0 fully saturated rings. The molecule has 2 aromatic heterocycles. The highest BCUT2D eigenvalue weighted by Gasteiger charge is 2.41. The summed E-state index contributed by atoms with van der Waals surface area (Å²) < 4.78 is 52.8. The summed E-state index contributed by atoms with van der Waals surface area (Å²) in [7, 11) is 0. The Labute approximate surface area is 340 Å². The van der Waals surface area contributed by atoms with Gasteiger partial charge in [0.2, 0.25) is 0 Å². The fourth-order valence-corrected chi connectivity index (χ4v) is 9.52. The second-order valence-electron chi connectivity index (χ2n) is 15.9. The molecule has 0 amide bonds. The molecule has 0 saturated carbocycles. The Morgan fingerprint density at radius 1 is 0.593 bits per heavy atom. The van der Waals surface area contributed by atoms with Gasteiger partial charge in [-0.25, -0.2) is 0 Å². The van der Waals surface area contributed by atoms with Crippen LogP contribution in [-0.4, -0.2) is 9.13 Å². The number of fused-ring (bicyclic) bond motifs is 6. The van der Waals surface area contributed by atoms with Gasteiger partial charge in [-0.05, 0) is 119 Å². The number of hydrogen-bond donors (Lipinski definition) is 0. The lowest BCUT2D eigenvalue weighted by Crippen LogP contribution is -2.26. The number of aromatic nitrogens is 2. The number of benzene rings is 7. The lowest BCUT2D eigenvalue weighted by atomic mass is 9.72. The fraction of sp³-hybridized carbons (Fsp3) is 0.113. The maximum Gasteiger partial charge on any atom is 0.420 e. The standard InChI is InChI=1S/C53H38F3N3/c1-33-13-4-6-17-39(33)37-23-24-47-42(28-37)40-18-7-10-21-45(40)58(47)49-29-38(36-16-12-15-35(27-36)32-57)30-50(51(49)53(54,55)56)59-46-22-11-8-19-41(46)43-31-52(3,26-25-48(43)59)44-20-9-5-14-34(44)2/h4-30H,31H2,1-3H3. The van der Waals surface area contributed by atoms with Gasteiger partial charge in [0.1, 0.15) is 5.56 Å². The average Bonchev–Trinajstić information content (AvgIpc) is 3.75. The second-order valence-corrected chi connectivity index (χ2v) is 15.9. The van der Waals surface area contributed by atoms with E-state index in [0.717, 1.165) is 44.1 Å². The van der Waals surface area contributed by atoms with E-state index < -0.39 is 11.7 Å². The maximum atomic E-state index is 16.4. The third-order valence-electron chi connectivity index (χ3n) is 12.2. The van der Waals surface area contributed by atoms with Gasteiger partial charge in [0.15, 0.2) is 0 Å². The van der Waals surface area contributed by atoms with Crippen molar-refractivity contribution >= 4 is 38.8 Å². The van der Waals surface area contributed by atoms with Gasteiger partial charge in [0, 0.05) is 27.3 Å². The van der Waals surface area contributed by atoms with Gasteiger partial charge in [-0.3, -0.25) is 0 Å². The lowest BCUT2D eigenvalue weighted by Gasteiger charge is -2.32. The Hall–Kier alpha value is -7.10. The second kappa shape index (κ2) is 13.5. The molecular formula is C53H38F3N3. The number of aryl methyl sites for hydroxylation is 2. The number of para-hydroxylation sites is 2. The highest BCUT2D eigenvalue weighted by atomic mass is 19.4. The van der Waals surface area contributed by atoms with Gasteiger partial charge in [0.05, 0.1) is 39.6 Å². The molecular weight excluding hydrogens is 736 g/mol. The molecule has 0 spiro atoms.